The van der Waals surface area contributed by atoms with E-state index in [0.717, 1.165) is 63.1 Å². The Morgan fingerprint density at radius 3 is 2.12 bits per heavy atom. The molecule has 1 saturated carbocycles. The lowest BCUT2D eigenvalue weighted by Crippen LogP contribution is -2.58. The van der Waals surface area contributed by atoms with Gasteiger partial charge in [-0.2, -0.15) is 0 Å². The maximum absolute atomic E-state index is 13.2. The number of rotatable bonds is 6. The van der Waals surface area contributed by atoms with Crippen LogP contribution >= 0.6 is 12.2 Å². The van der Waals surface area contributed by atoms with E-state index in [1.54, 1.807) is 24.3 Å². The Morgan fingerprint density at radius 1 is 0.939 bits per heavy atom. The van der Waals surface area contributed by atoms with Crippen LogP contribution in [-0.2, 0) is 11.3 Å². The van der Waals surface area contributed by atoms with Gasteiger partial charge >= 0.3 is 0 Å². The van der Waals surface area contributed by atoms with E-state index in [4.69, 9.17) is 12.2 Å². The fourth-order valence-electron chi connectivity index (χ4n) is 4.79. The van der Waals surface area contributed by atoms with Gasteiger partial charge in [0.05, 0.1) is 6.04 Å². The largest absolute Gasteiger partial charge is 0.351 e. The molecule has 2 aromatic carbocycles. The molecule has 1 aliphatic heterocycles. The molecule has 2 aliphatic rings. The highest BCUT2D eigenvalue weighted by Gasteiger charge is 2.36. The zero-order valence-electron chi connectivity index (χ0n) is 18.6. The number of benzene rings is 2. The summed E-state index contributed by atoms with van der Waals surface area (Å²) in [5.74, 6) is -0.157. The van der Waals surface area contributed by atoms with Crippen molar-refractivity contribution in [3.63, 3.8) is 0 Å². The smallest absolute Gasteiger partial charge is 0.237 e. The van der Waals surface area contributed by atoms with Crippen LogP contribution in [0.15, 0.2) is 48.5 Å². The predicted molar refractivity (Wildman–Crippen MR) is 130 cm³/mol. The van der Waals surface area contributed by atoms with Gasteiger partial charge in [0.2, 0.25) is 5.91 Å². The molecule has 8 heteroatoms. The third kappa shape index (κ3) is 6.26. The fraction of sp³-hybridized carbons (Fsp3) is 0.440. The van der Waals surface area contributed by atoms with Gasteiger partial charge in [0.1, 0.15) is 11.6 Å². The van der Waals surface area contributed by atoms with Crippen molar-refractivity contribution in [2.75, 3.05) is 31.5 Å². The van der Waals surface area contributed by atoms with E-state index in [1.807, 2.05) is 0 Å². The van der Waals surface area contributed by atoms with Crippen molar-refractivity contribution >= 4 is 28.9 Å². The zero-order chi connectivity index (χ0) is 23.2. The van der Waals surface area contributed by atoms with E-state index in [9.17, 15) is 13.6 Å². The molecule has 0 radical (unpaired) electrons. The molecule has 2 fully saturated rings. The number of hydrogen-bond acceptors (Lipinski definition) is 3. The zero-order valence-corrected chi connectivity index (χ0v) is 19.4. The first-order valence-corrected chi connectivity index (χ1v) is 12.0. The van der Waals surface area contributed by atoms with Gasteiger partial charge in [-0.3, -0.25) is 9.69 Å². The third-order valence-electron chi connectivity index (χ3n) is 6.59. The number of halogens is 2. The molecule has 0 spiro atoms. The molecule has 0 bridgehead atoms. The summed E-state index contributed by atoms with van der Waals surface area (Å²) in [7, 11) is 0. The molecule has 1 amide bonds. The van der Waals surface area contributed by atoms with Crippen molar-refractivity contribution in [2.45, 2.75) is 38.3 Å². The van der Waals surface area contributed by atoms with Gasteiger partial charge in [0.25, 0.3) is 0 Å². The maximum Gasteiger partial charge on any atom is 0.237 e. The number of hydrogen-bond donors (Lipinski definition) is 2. The summed E-state index contributed by atoms with van der Waals surface area (Å²) in [6.07, 6.45) is 4.47. The quantitative estimate of drug-likeness (QED) is 0.619. The molecular formula is C25H30F2N4OS. The molecule has 2 aromatic rings. The lowest BCUT2D eigenvalue weighted by Gasteiger charge is -2.41. The van der Waals surface area contributed by atoms with Gasteiger partial charge in [-0.15, -0.1) is 0 Å². The molecule has 5 nitrogen and oxygen atoms in total. The Balaban J connectivity index is 1.34. The van der Waals surface area contributed by atoms with E-state index in [2.05, 4.69) is 20.4 Å². The molecule has 0 unspecified atom stereocenters. The topological polar surface area (TPSA) is 47.6 Å². The van der Waals surface area contributed by atoms with Crippen molar-refractivity contribution in [3.8, 4) is 0 Å². The van der Waals surface area contributed by atoms with E-state index in [-0.39, 0.29) is 23.6 Å². The van der Waals surface area contributed by atoms with E-state index < -0.39 is 0 Å². The Hall–Kier alpha value is -2.58. The molecule has 0 aromatic heterocycles. The van der Waals surface area contributed by atoms with Gasteiger partial charge in [-0.05, 0) is 72.9 Å². The predicted octanol–water partition coefficient (Wildman–Crippen LogP) is 4.15. The first-order valence-electron chi connectivity index (χ1n) is 11.6. The summed E-state index contributed by atoms with van der Waals surface area (Å²) in [6, 6.07) is 12.2. The minimum Gasteiger partial charge on any atom is -0.351 e. The molecule has 4 rings (SSSR count). The second-order valence-corrected chi connectivity index (χ2v) is 9.18. The van der Waals surface area contributed by atoms with Crippen LogP contribution in [-0.4, -0.2) is 53.0 Å². The van der Waals surface area contributed by atoms with Crippen LogP contribution < -0.4 is 10.6 Å². The van der Waals surface area contributed by atoms with Crippen LogP contribution in [0.2, 0.25) is 0 Å². The maximum atomic E-state index is 13.2. The Kier molecular flexibility index (Phi) is 7.88. The fourth-order valence-corrected chi connectivity index (χ4v) is 5.09. The van der Waals surface area contributed by atoms with Gasteiger partial charge in [0.15, 0.2) is 5.11 Å². The van der Waals surface area contributed by atoms with Gasteiger partial charge in [-0.25, -0.2) is 8.78 Å². The van der Waals surface area contributed by atoms with Crippen LogP contribution in [0.4, 0.5) is 14.5 Å². The molecule has 1 atom stereocenters. The number of carbonyl (C=O) groups is 1. The number of thiocarbonyl (C=S) groups is 1. The highest BCUT2D eigenvalue weighted by molar-refractivity contribution is 7.80. The number of anilines is 1. The molecule has 2 N–H and O–H groups in total. The molecule has 1 saturated heterocycles. The van der Waals surface area contributed by atoms with Crippen molar-refractivity contribution in [3.05, 3.63) is 65.7 Å². The Bertz CT molecular complexity index is 940. The first kappa shape index (κ1) is 23.6. The van der Waals surface area contributed by atoms with Crippen LogP contribution in [0.25, 0.3) is 0 Å². The van der Waals surface area contributed by atoms with E-state index in [1.165, 1.54) is 24.3 Å². The average molecular weight is 473 g/mol. The lowest BCUT2D eigenvalue weighted by atomic mass is 9.95. The minimum absolute atomic E-state index is 0.0479. The Labute approximate surface area is 199 Å². The average Bonchev–Trinajstić information content (AvgIpc) is 3.35. The number of carbonyl (C=O) groups excluding carboxylic acids is 1. The highest BCUT2D eigenvalue weighted by atomic mass is 32.1. The van der Waals surface area contributed by atoms with Crippen LogP contribution in [0.5, 0.6) is 0 Å². The lowest BCUT2D eigenvalue weighted by molar-refractivity contribution is -0.129. The molecule has 176 valence electrons. The summed E-state index contributed by atoms with van der Waals surface area (Å²) in [6.45, 7) is 3.34. The normalized spacial score (nSPS) is 18.2. The summed E-state index contributed by atoms with van der Waals surface area (Å²) in [4.78, 5) is 17.6. The summed E-state index contributed by atoms with van der Waals surface area (Å²) in [5.41, 5.74) is 1.64. The minimum atomic E-state index is -0.282. The van der Waals surface area contributed by atoms with Crippen LogP contribution in [0.3, 0.4) is 0 Å². The standard InChI is InChI=1S/C25H30F2N4OS/c26-20-7-5-18(6-8-20)17-28-24(32)23(19-3-1-2-4-19)30-13-15-31(16-14-30)25(33)29-22-11-9-21(27)10-12-22/h5-12,19,23H,1-4,13-17H2,(H,28,32)(H,29,33)/t23-/m1/s1. The highest BCUT2D eigenvalue weighted by Crippen LogP contribution is 2.31. The van der Waals surface area contributed by atoms with Crippen LogP contribution in [0, 0.1) is 17.6 Å². The van der Waals surface area contributed by atoms with Crippen molar-refractivity contribution in [2.24, 2.45) is 5.92 Å². The summed E-state index contributed by atoms with van der Waals surface area (Å²) >= 11 is 5.55. The second kappa shape index (κ2) is 11.0. The molecule has 1 heterocycles. The van der Waals surface area contributed by atoms with Gasteiger partial charge in [-0.1, -0.05) is 25.0 Å². The number of piperazine rings is 1. The second-order valence-electron chi connectivity index (χ2n) is 8.79. The van der Waals surface area contributed by atoms with Crippen molar-refractivity contribution in [1.82, 2.24) is 15.1 Å². The van der Waals surface area contributed by atoms with Crippen LogP contribution in [0.1, 0.15) is 31.2 Å². The monoisotopic (exact) mass is 472 g/mol. The van der Waals surface area contributed by atoms with E-state index in [0.29, 0.717) is 17.6 Å². The van der Waals surface area contributed by atoms with Gasteiger partial charge < -0.3 is 15.5 Å². The number of nitrogens with zero attached hydrogens (tertiary/aromatic N) is 2. The molecule has 33 heavy (non-hydrogen) atoms. The summed E-state index contributed by atoms with van der Waals surface area (Å²) in [5, 5.41) is 6.86. The first-order chi connectivity index (χ1) is 16.0. The molecular weight excluding hydrogens is 442 g/mol. The number of amides is 1. The van der Waals surface area contributed by atoms with Gasteiger partial charge in [0, 0.05) is 38.4 Å². The van der Waals surface area contributed by atoms with E-state index >= 15 is 0 Å². The molecule has 1 aliphatic carbocycles. The third-order valence-corrected chi connectivity index (χ3v) is 6.95. The Morgan fingerprint density at radius 2 is 1.52 bits per heavy atom. The SMILES string of the molecule is O=C(NCc1ccc(F)cc1)[C@@H](C1CCCC1)N1CCN(C(=S)Nc2ccc(F)cc2)CC1. The number of nitrogens with one attached hydrogen (secondary N) is 2. The summed E-state index contributed by atoms with van der Waals surface area (Å²) < 4.78 is 26.3. The van der Waals surface area contributed by atoms with Crippen molar-refractivity contribution < 1.29 is 13.6 Å². The van der Waals surface area contributed by atoms with Crippen molar-refractivity contribution in [1.29, 1.82) is 0 Å².